The van der Waals surface area contributed by atoms with Crippen LogP contribution in [0.4, 0.5) is 0 Å². The predicted octanol–water partition coefficient (Wildman–Crippen LogP) is 4.06. The number of hydrogen-bond acceptors (Lipinski definition) is 6. The molecular formula is C24H24N2O5. The zero-order valence-corrected chi connectivity index (χ0v) is 17.6. The number of carbonyl (C=O) groups excluding carboxylic acids is 1. The number of rotatable bonds is 9. The number of nitrogens with one attached hydrogen (secondary N) is 1. The smallest absolute Gasteiger partial charge is 0.271 e. The molecule has 3 rings (SSSR count). The summed E-state index contributed by atoms with van der Waals surface area (Å²) < 4.78 is 22.0. The lowest BCUT2D eigenvalue weighted by Crippen LogP contribution is -2.17. The van der Waals surface area contributed by atoms with Gasteiger partial charge >= 0.3 is 0 Å². The molecule has 3 aromatic carbocycles. The number of ether oxygens (including phenoxy) is 4. The number of amides is 1. The molecular weight excluding hydrogens is 396 g/mol. The number of methoxy groups -OCH3 is 3. The molecule has 160 valence electrons. The molecule has 0 aromatic heterocycles. The second-order valence-corrected chi connectivity index (χ2v) is 6.46. The van der Waals surface area contributed by atoms with E-state index >= 15 is 0 Å². The van der Waals surface area contributed by atoms with Crippen molar-refractivity contribution in [3.8, 4) is 23.0 Å². The van der Waals surface area contributed by atoms with Crippen molar-refractivity contribution >= 4 is 12.1 Å². The van der Waals surface area contributed by atoms with Crippen LogP contribution in [0.25, 0.3) is 0 Å². The van der Waals surface area contributed by atoms with Crippen LogP contribution in [0.5, 0.6) is 23.0 Å². The van der Waals surface area contributed by atoms with Gasteiger partial charge in [-0.2, -0.15) is 5.10 Å². The first kappa shape index (κ1) is 21.7. The molecule has 0 radical (unpaired) electrons. The molecule has 0 aliphatic rings. The number of carbonyl (C=O) groups is 1. The van der Waals surface area contributed by atoms with E-state index in [-0.39, 0.29) is 5.91 Å². The van der Waals surface area contributed by atoms with E-state index < -0.39 is 0 Å². The Morgan fingerprint density at radius 1 is 0.903 bits per heavy atom. The van der Waals surface area contributed by atoms with E-state index in [9.17, 15) is 4.79 Å². The first-order valence-corrected chi connectivity index (χ1v) is 9.54. The minimum absolute atomic E-state index is 0.350. The van der Waals surface area contributed by atoms with Gasteiger partial charge in [-0.25, -0.2) is 5.43 Å². The third-order valence-electron chi connectivity index (χ3n) is 4.42. The van der Waals surface area contributed by atoms with Crippen molar-refractivity contribution in [3.63, 3.8) is 0 Å². The lowest BCUT2D eigenvalue weighted by atomic mass is 10.2. The molecule has 0 heterocycles. The third-order valence-corrected chi connectivity index (χ3v) is 4.42. The lowest BCUT2D eigenvalue weighted by Gasteiger charge is -2.15. The minimum atomic E-state index is -0.350. The highest BCUT2D eigenvalue weighted by molar-refractivity contribution is 5.95. The van der Waals surface area contributed by atoms with Crippen molar-refractivity contribution in [2.75, 3.05) is 21.3 Å². The largest absolute Gasteiger partial charge is 0.497 e. The van der Waals surface area contributed by atoms with Crippen LogP contribution in [0, 0.1) is 0 Å². The van der Waals surface area contributed by atoms with Crippen molar-refractivity contribution in [2.24, 2.45) is 5.10 Å². The summed E-state index contributed by atoms with van der Waals surface area (Å²) in [5.41, 5.74) is 4.64. The number of hydrazone groups is 1. The SMILES string of the molecule is COc1cccc(C(=O)N/N=C/c2cc(OC)c(OCc3ccccc3)c(OC)c2)c1. The lowest BCUT2D eigenvalue weighted by molar-refractivity contribution is 0.0955. The highest BCUT2D eigenvalue weighted by Gasteiger charge is 2.14. The van der Waals surface area contributed by atoms with Crippen LogP contribution in [-0.4, -0.2) is 33.5 Å². The Kier molecular flexibility index (Phi) is 7.48. The maximum atomic E-state index is 12.3. The van der Waals surface area contributed by atoms with Gasteiger partial charge in [0.2, 0.25) is 5.75 Å². The molecule has 0 unspecified atom stereocenters. The average Bonchev–Trinajstić information content (AvgIpc) is 2.83. The summed E-state index contributed by atoms with van der Waals surface area (Å²) in [7, 11) is 4.65. The quantitative estimate of drug-likeness (QED) is 0.417. The first-order valence-electron chi connectivity index (χ1n) is 9.54. The zero-order valence-electron chi connectivity index (χ0n) is 17.6. The summed E-state index contributed by atoms with van der Waals surface area (Å²) in [5.74, 6) is 1.73. The maximum Gasteiger partial charge on any atom is 0.271 e. The molecule has 0 aliphatic heterocycles. The zero-order chi connectivity index (χ0) is 22.1. The Morgan fingerprint density at radius 3 is 2.26 bits per heavy atom. The van der Waals surface area contributed by atoms with E-state index in [1.807, 2.05) is 30.3 Å². The second kappa shape index (κ2) is 10.7. The predicted molar refractivity (Wildman–Crippen MR) is 118 cm³/mol. The van der Waals surface area contributed by atoms with Crippen LogP contribution in [-0.2, 0) is 6.61 Å². The van der Waals surface area contributed by atoms with Gasteiger partial charge in [0.1, 0.15) is 12.4 Å². The van der Waals surface area contributed by atoms with Gasteiger partial charge in [-0.05, 0) is 35.9 Å². The molecule has 3 aromatic rings. The van der Waals surface area contributed by atoms with Crippen molar-refractivity contribution in [2.45, 2.75) is 6.61 Å². The van der Waals surface area contributed by atoms with E-state index in [2.05, 4.69) is 10.5 Å². The van der Waals surface area contributed by atoms with Crippen molar-refractivity contribution in [3.05, 3.63) is 83.4 Å². The van der Waals surface area contributed by atoms with Crippen LogP contribution in [0.15, 0.2) is 71.8 Å². The van der Waals surface area contributed by atoms with Crippen LogP contribution in [0.3, 0.4) is 0 Å². The first-order chi connectivity index (χ1) is 15.1. The van der Waals surface area contributed by atoms with Crippen molar-refractivity contribution in [1.82, 2.24) is 5.43 Å². The van der Waals surface area contributed by atoms with Gasteiger partial charge in [-0.1, -0.05) is 36.4 Å². The van der Waals surface area contributed by atoms with E-state index in [4.69, 9.17) is 18.9 Å². The number of benzene rings is 3. The fraction of sp³-hybridized carbons (Fsp3) is 0.167. The molecule has 1 N–H and O–H groups in total. The molecule has 31 heavy (non-hydrogen) atoms. The molecule has 7 heteroatoms. The van der Waals surface area contributed by atoms with Gasteiger partial charge in [0.05, 0.1) is 27.5 Å². The molecule has 0 atom stereocenters. The van der Waals surface area contributed by atoms with Gasteiger partial charge < -0.3 is 18.9 Å². The van der Waals surface area contributed by atoms with E-state index in [1.165, 1.54) is 6.21 Å². The summed E-state index contributed by atoms with van der Waals surface area (Å²) in [6.45, 7) is 0.373. The van der Waals surface area contributed by atoms with Crippen LogP contribution >= 0.6 is 0 Å². The Labute approximate surface area is 181 Å². The van der Waals surface area contributed by atoms with Gasteiger partial charge in [0.25, 0.3) is 5.91 Å². The highest BCUT2D eigenvalue weighted by atomic mass is 16.5. The number of hydrogen-bond donors (Lipinski definition) is 1. The van der Waals surface area contributed by atoms with Crippen molar-refractivity contribution < 1.29 is 23.7 Å². The van der Waals surface area contributed by atoms with Gasteiger partial charge in [0, 0.05) is 11.1 Å². The molecule has 1 amide bonds. The monoisotopic (exact) mass is 420 g/mol. The maximum absolute atomic E-state index is 12.3. The molecule has 0 bridgehead atoms. The summed E-state index contributed by atoms with van der Waals surface area (Å²) >= 11 is 0. The standard InChI is InChI=1S/C24H24N2O5/c1-28-20-11-7-10-19(14-20)24(27)26-25-15-18-12-21(29-2)23(22(13-18)30-3)31-16-17-8-5-4-6-9-17/h4-15H,16H2,1-3H3,(H,26,27)/b25-15+. The van der Waals surface area contributed by atoms with Crippen LogP contribution in [0.1, 0.15) is 21.5 Å². The summed E-state index contributed by atoms with van der Waals surface area (Å²) in [6.07, 6.45) is 1.50. The fourth-order valence-electron chi connectivity index (χ4n) is 2.84. The summed E-state index contributed by atoms with van der Waals surface area (Å²) in [6, 6.07) is 20.1. The topological polar surface area (TPSA) is 78.4 Å². The molecule has 0 saturated heterocycles. The molecule has 7 nitrogen and oxygen atoms in total. The Bertz CT molecular complexity index is 1030. The Morgan fingerprint density at radius 2 is 1.61 bits per heavy atom. The van der Waals surface area contributed by atoms with Crippen LogP contribution < -0.4 is 24.4 Å². The molecule has 0 saturated carbocycles. The van der Waals surface area contributed by atoms with Gasteiger partial charge in [0.15, 0.2) is 11.5 Å². The molecule has 0 aliphatic carbocycles. The molecule has 0 fully saturated rings. The van der Waals surface area contributed by atoms with E-state index in [0.29, 0.717) is 40.7 Å². The minimum Gasteiger partial charge on any atom is -0.497 e. The number of nitrogens with zero attached hydrogens (tertiary/aromatic N) is 1. The second-order valence-electron chi connectivity index (χ2n) is 6.46. The third kappa shape index (κ3) is 5.76. The van der Waals surface area contributed by atoms with Gasteiger partial charge in [-0.15, -0.1) is 0 Å². The Balaban J connectivity index is 1.73. The fourth-order valence-corrected chi connectivity index (χ4v) is 2.84. The summed E-state index contributed by atoms with van der Waals surface area (Å²) in [5, 5.41) is 4.03. The van der Waals surface area contributed by atoms with Crippen LogP contribution in [0.2, 0.25) is 0 Å². The normalized spacial score (nSPS) is 10.5. The highest BCUT2D eigenvalue weighted by Crippen LogP contribution is 2.38. The van der Waals surface area contributed by atoms with Crippen molar-refractivity contribution in [1.29, 1.82) is 0 Å². The van der Waals surface area contributed by atoms with E-state index in [0.717, 1.165) is 5.56 Å². The average molecular weight is 420 g/mol. The van der Waals surface area contributed by atoms with Gasteiger partial charge in [-0.3, -0.25) is 4.79 Å². The Hall–Kier alpha value is -4.00. The summed E-state index contributed by atoms with van der Waals surface area (Å²) in [4.78, 5) is 12.3. The van der Waals surface area contributed by atoms with E-state index in [1.54, 1.807) is 57.7 Å². The molecule has 0 spiro atoms.